The summed E-state index contributed by atoms with van der Waals surface area (Å²) in [5, 5.41) is 0. The van der Waals surface area contributed by atoms with Gasteiger partial charge in [-0.3, -0.25) is 4.79 Å². The number of anilines is 2. The van der Waals surface area contributed by atoms with Crippen LogP contribution in [0.25, 0.3) is 0 Å². The van der Waals surface area contributed by atoms with Crippen LogP contribution in [0.2, 0.25) is 0 Å². The van der Waals surface area contributed by atoms with Crippen LogP contribution < -0.4 is 16.2 Å². The summed E-state index contributed by atoms with van der Waals surface area (Å²) in [6.07, 6.45) is 2.16. The first-order valence-electron chi connectivity index (χ1n) is 5.73. The molecule has 0 aliphatic carbocycles. The molecule has 1 heterocycles. The zero-order chi connectivity index (χ0) is 13.7. The fourth-order valence-corrected chi connectivity index (χ4v) is 1.60. The van der Waals surface area contributed by atoms with Gasteiger partial charge in [-0.05, 0) is 6.42 Å². The van der Waals surface area contributed by atoms with Crippen LogP contribution in [0.4, 0.5) is 11.6 Å². The van der Waals surface area contributed by atoms with Crippen molar-refractivity contribution >= 4 is 17.5 Å². The molecule has 1 aromatic heterocycles. The van der Waals surface area contributed by atoms with Crippen LogP contribution in [0.15, 0.2) is 6.33 Å². The summed E-state index contributed by atoms with van der Waals surface area (Å²) >= 11 is 0. The smallest absolute Gasteiger partial charge is 0.241 e. The minimum absolute atomic E-state index is 0.0143. The number of aromatic nitrogens is 2. The van der Waals surface area contributed by atoms with Gasteiger partial charge in [0.2, 0.25) is 5.91 Å². The van der Waals surface area contributed by atoms with Crippen LogP contribution in [0.5, 0.6) is 0 Å². The molecule has 1 amide bonds. The number of hydrogen-bond acceptors (Lipinski definition) is 6. The Bertz CT molecular complexity index is 420. The van der Waals surface area contributed by atoms with Gasteiger partial charge in [0.05, 0.1) is 6.54 Å². The Kier molecular flexibility index (Phi) is 4.85. The third kappa shape index (κ3) is 3.07. The van der Waals surface area contributed by atoms with Crippen LogP contribution >= 0.6 is 0 Å². The molecule has 0 spiro atoms. The molecule has 0 saturated carbocycles. The van der Waals surface area contributed by atoms with E-state index in [0.717, 1.165) is 17.8 Å². The summed E-state index contributed by atoms with van der Waals surface area (Å²) < 4.78 is 0. The van der Waals surface area contributed by atoms with E-state index < -0.39 is 0 Å². The van der Waals surface area contributed by atoms with E-state index in [2.05, 4.69) is 15.4 Å². The zero-order valence-corrected chi connectivity index (χ0v) is 11.3. The van der Waals surface area contributed by atoms with E-state index in [1.54, 1.807) is 23.9 Å². The first kappa shape index (κ1) is 14.2. The van der Waals surface area contributed by atoms with Gasteiger partial charge in [-0.2, -0.15) is 0 Å². The maximum Gasteiger partial charge on any atom is 0.241 e. The Balaban J connectivity index is 2.98. The topological polar surface area (TPSA) is 87.4 Å². The fourth-order valence-electron chi connectivity index (χ4n) is 1.60. The highest BCUT2D eigenvalue weighted by Crippen LogP contribution is 2.22. The van der Waals surface area contributed by atoms with Crippen molar-refractivity contribution < 1.29 is 4.79 Å². The molecule has 0 radical (unpaired) electrons. The van der Waals surface area contributed by atoms with Gasteiger partial charge < -0.3 is 15.2 Å². The van der Waals surface area contributed by atoms with E-state index in [1.807, 2.05) is 14.0 Å². The van der Waals surface area contributed by atoms with Crippen LogP contribution in [0.3, 0.4) is 0 Å². The molecule has 0 unspecified atom stereocenters. The summed E-state index contributed by atoms with van der Waals surface area (Å²) in [5.41, 5.74) is 3.44. The molecule has 0 fully saturated rings. The molecule has 100 valence electrons. The average Bonchev–Trinajstić information content (AvgIpc) is 2.37. The van der Waals surface area contributed by atoms with Crippen LogP contribution in [-0.4, -0.2) is 48.5 Å². The summed E-state index contributed by atoms with van der Waals surface area (Å²) in [4.78, 5) is 23.3. The van der Waals surface area contributed by atoms with Crippen molar-refractivity contribution in [3.05, 3.63) is 11.9 Å². The number of hydrogen-bond donors (Lipinski definition) is 2. The third-order valence-corrected chi connectivity index (χ3v) is 2.65. The standard InChI is InChI=1S/C11H20N6O/c1-5-8-10(15-12)13-7-14-11(8)17(4)6-9(18)16(2)3/h7H,5-6,12H2,1-4H3,(H,13,14,15). The molecule has 0 aliphatic rings. The van der Waals surface area contributed by atoms with Crippen LogP contribution in [0.1, 0.15) is 12.5 Å². The second kappa shape index (κ2) is 6.15. The van der Waals surface area contributed by atoms with Gasteiger partial charge in [0, 0.05) is 26.7 Å². The first-order valence-corrected chi connectivity index (χ1v) is 5.73. The highest BCUT2D eigenvalue weighted by atomic mass is 16.2. The largest absolute Gasteiger partial charge is 0.350 e. The number of rotatable bonds is 5. The summed E-state index contributed by atoms with van der Waals surface area (Å²) in [7, 11) is 5.27. The molecule has 0 bridgehead atoms. The number of nitrogen functional groups attached to an aromatic ring is 1. The van der Waals surface area contributed by atoms with E-state index >= 15 is 0 Å². The van der Waals surface area contributed by atoms with Crippen molar-refractivity contribution in [2.75, 3.05) is 38.0 Å². The van der Waals surface area contributed by atoms with Crippen LogP contribution in [0, 0.1) is 0 Å². The lowest BCUT2D eigenvalue weighted by Crippen LogP contribution is -2.35. The molecule has 1 aromatic rings. The monoisotopic (exact) mass is 252 g/mol. The molecule has 0 atom stereocenters. The molecular weight excluding hydrogens is 232 g/mol. The van der Waals surface area contributed by atoms with Crippen molar-refractivity contribution in [2.24, 2.45) is 5.84 Å². The van der Waals surface area contributed by atoms with Crippen molar-refractivity contribution in [3.8, 4) is 0 Å². The van der Waals surface area contributed by atoms with Crippen molar-refractivity contribution in [2.45, 2.75) is 13.3 Å². The Morgan fingerprint density at radius 2 is 2.06 bits per heavy atom. The maximum atomic E-state index is 11.7. The molecule has 3 N–H and O–H groups in total. The number of carbonyl (C=O) groups is 1. The zero-order valence-electron chi connectivity index (χ0n) is 11.3. The quantitative estimate of drug-likeness (QED) is 0.560. The van der Waals surface area contributed by atoms with Crippen LogP contribution in [-0.2, 0) is 11.2 Å². The molecular formula is C11H20N6O. The van der Waals surface area contributed by atoms with Gasteiger partial charge in [-0.25, -0.2) is 15.8 Å². The minimum Gasteiger partial charge on any atom is -0.350 e. The minimum atomic E-state index is 0.0143. The van der Waals surface area contributed by atoms with Gasteiger partial charge >= 0.3 is 0 Å². The lowest BCUT2D eigenvalue weighted by molar-refractivity contribution is -0.127. The third-order valence-electron chi connectivity index (χ3n) is 2.65. The number of nitrogens with zero attached hydrogens (tertiary/aromatic N) is 4. The number of nitrogens with two attached hydrogens (primary N) is 1. The fraction of sp³-hybridized carbons (Fsp3) is 0.545. The van der Waals surface area contributed by atoms with Crippen molar-refractivity contribution in [3.63, 3.8) is 0 Å². The van der Waals surface area contributed by atoms with E-state index in [-0.39, 0.29) is 12.5 Å². The van der Waals surface area contributed by atoms with Gasteiger partial charge in [-0.15, -0.1) is 0 Å². The molecule has 0 aromatic carbocycles. The second-order valence-electron chi connectivity index (χ2n) is 4.17. The predicted octanol–water partition coefficient (Wildman–Crippen LogP) is -0.151. The average molecular weight is 252 g/mol. The van der Waals surface area contributed by atoms with E-state index in [4.69, 9.17) is 5.84 Å². The van der Waals surface area contributed by atoms with E-state index in [0.29, 0.717) is 5.82 Å². The lowest BCUT2D eigenvalue weighted by Gasteiger charge is -2.22. The summed E-state index contributed by atoms with van der Waals surface area (Å²) in [6.45, 7) is 2.26. The van der Waals surface area contributed by atoms with E-state index in [9.17, 15) is 4.79 Å². The van der Waals surface area contributed by atoms with E-state index in [1.165, 1.54) is 6.33 Å². The Morgan fingerprint density at radius 3 is 2.56 bits per heavy atom. The summed E-state index contributed by atoms with van der Waals surface area (Å²) in [5.74, 6) is 6.73. The second-order valence-corrected chi connectivity index (χ2v) is 4.17. The number of nitrogens with one attached hydrogen (secondary N) is 1. The Hall–Kier alpha value is -1.89. The van der Waals surface area contributed by atoms with Crippen molar-refractivity contribution in [1.82, 2.24) is 14.9 Å². The predicted molar refractivity (Wildman–Crippen MR) is 71.2 cm³/mol. The van der Waals surface area contributed by atoms with Gasteiger partial charge in [0.25, 0.3) is 0 Å². The van der Waals surface area contributed by atoms with Gasteiger partial charge in [0.15, 0.2) is 0 Å². The highest BCUT2D eigenvalue weighted by molar-refractivity contribution is 5.81. The molecule has 0 aliphatic heterocycles. The van der Waals surface area contributed by atoms with Crippen molar-refractivity contribution in [1.29, 1.82) is 0 Å². The molecule has 18 heavy (non-hydrogen) atoms. The summed E-state index contributed by atoms with van der Waals surface area (Å²) in [6, 6.07) is 0. The number of likely N-dealkylation sites (N-methyl/N-ethyl adjacent to an activating group) is 2. The normalized spacial score (nSPS) is 10.1. The Morgan fingerprint density at radius 1 is 1.39 bits per heavy atom. The maximum absolute atomic E-state index is 11.7. The molecule has 0 saturated heterocycles. The molecule has 1 rings (SSSR count). The number of amides is 1. The van der Waals surface area contributed by atoms with Gasteiger partial charge in [0.1, 0.15) is 18.0 Å². The number of carbonyl (C=O) groups excluding carboxylic acids is 1. The highest BCUT2D eigenvalue weighted by Gasteiger charge is 2.15. The Labute approximate surface area is 107 Å². The molecule has 7 nitrogen and oxygen atoms in total. The molecule has 7 heteroatoms. The first-order chi connectivity index (χ1) is 8.51. The lowest BCUT2D eigenvalue weighted by atomic mass is 10.2. The SMILES string of the molecule is CCc1c(NN)ncnc1N(C)CC(=O)N(C)C. The number of hydrazine groups is 1. The van der Waals surface area contributed by atoms with Gasteiger partial charge in [-0.1, -0.05) is 6.92 Å².